The highest BCUT2D eigenvalue weighted by atomic mass is 16.3. The molecule has 0 spiro atoms. The van der Waals surface area contributed by atoms with E-state index in [4.69, 9.17) is 9.40 Å². The van der Waals surface area contributed by atoms with Crippen molar-refractivity contribution in [3.8, 4) is 16.9 Å². The van der Waals surface area contributed by atoms with Gasteiger partial charge in [0.15, 0.2) is 0 Å². The van der Waals surface area contributed by atoms with Gasteiger partial charge in [-0.1, -0.05) is 78.9 Å². The summed E-state index contributed by atoms with van der Waals surface area (Å²) in [4.78, 5) is 9.72. The highest BCUT2D eigenvalue weighted by Crippen LogP contribution is 2.35. The Bertz CT molecular complexity index is 2060. The second-order valence-corrected chi connectivity index (χ2v) is 9.09. The van der Waals surface area contributed by atoms with Crippen LogP contribution in [-0.2, 0) is 0 Å². The van der Waals surface area contributed by atoms with Gasteiger partial charge in [0, 0.05) is 22.0 Å². The van der Waals surface area contributed by atoms with Crippen LogP contribution in [0.25, 0.3) is 71.7 Å². The van der Waals surface area contributed by atoms with E-state index < -0.39 is 0 Å². The van der Waals surface area contributed by atoms with Crippen LogP contribution in [-0.4, -0.2) is 14.5 Å². The van der Waals surface area contributed by atoms with E-state index in [-0.39, 0.29) is 0 Å². The Balaban J connectivity index is 1.36. The zero-order chi connectivity index (χ0) is 23.6. The van der Waals surface area contributed by atoms with E-state index in [0.717, 1.165) is 44.2 Å². The Morgan fingerprint density at radius 2 is 1.36 bits per heavy atom. The molecule has 4 heteroatoms. The van der Waals surface area contributed by atoms with Gasteiger partial charge in [0.2, 0.25) is 5.71 Å². The summed E-state index contributed by atoms with van der Waals surface area (Å²) in [5.41, 5.74) is 7.45. The third-order valence-corrected chi connectivity index (χ3v) is 7.05. The van der Waals surface area contributed by atoms with Gasteiger partial charge in [-0.25, -0.2) is 9.97 Å². The van der Waals surface area contributed by atoms with Crippen LogP contribution in [0.15, 0.2) is 120 Å². The molecule has 0 N–H and O–H groups in total. The van der Waals surface area contributed by atoms with E-state index in [2.05, 4.69) is 101 Å². The van der Waals surface area contributed by atoms with E-state index in [9.17, 15) is 0 Å². The van der Waals surface area contributed by atoms with Crippen molar-refractivity contribution in [3.05, 3.63) is 115 Å². The summed E-state index contributed by atoms with van der Waals surface area (Å²) >= 11 is 0. The first kappa shape index (κ1) is 19.4. The number of benzene rings is 5. The monoisotopic (exact) mass is 461 g/mol. The minimum Gasteiger partial charge on any atom is -0.436 e. The van der Waals surface area contributed by atoms with Gasteiger partial charge in [-0.15, -0.1) is 0 Å². The maximum atomic E-state index is 6.05. The summed E-state index contributed by atoms with van der Waals surface area (Å²) in [6, 6.07) is 38.0. The molecule has 3 aromatic heterocycles. The molecule has 8 rings (SSSR count). The largest absolute Gasteiger partial charge is 0.436 e. The zero-order valence-corrected chi connectivity index (χ0v) is 19.2. The molecule has 0 saturated carbocycles. The van der Waals surface area contributed by atoms with Crippen LogP contribution in [0.3, 0.4) is 0 Å². The highest BCUT2D eigenvalue weighted by Gasteiger charge is 2.16. The third kappa shape index (κ3) is 2.70. The number of fused-ring (bicyclic) bond motifs is 8. The lowest BCUT2D eigenvalue weighted by atomic mass is 10.1. The summed E-state index contributed by atoms with van der Waals surface area (Å²) in [6.45, 7) is 0. The fourth-order valence-electron chi connectivity index (χ4n) is 5.44. The quantitative estimate of drug-likeness (QED) is 0.260. The molecule has 0 aliphatic rings. The van der Waals surface area contributed by atoms with Gasteiger partial charge in [0.05, 0.1) is 28.3 Å². The predicted octanol–water partition coefficient (Wildman–Crippen LogP) is 8.29. The highest BCUT2D eigenvalue weighted by molar-refractivity contribution is 6.17. The summed E-state index contributed by atoms with van der Waals surface area (Å²) in [5.74, 6) is 0. The number of hydrogen-bond acceptors (Lipinski definition) is 3. The lowest BCUT2D eigenvalue weighted by molar-refractivity contribution is 0.653. The van der Waals surface area contributed by atoms with E-state index >= 15 is 0 Å². The first-order chi connectivity index (χ1) is 17.8. The molecule has 3 heterocycles. The maximum Gasteiger partial charge on any atom is 0.246 e. The number of rotatable bonds is 2. The molecular formula is C32H19N3O. The minimum atomic E-state index is 0.559. The summed E-state index contributed by atoms with van der Waals surface area (Å²) in [6.07, 6.45) is 1.80. The van der Waals surface area contributed by atoms with Crippen LogP contribution < -0.4 is 0 Å². The minimum absolute atomic E-state index is 0.559. The molecule has 0 bridgehead atoms. The summed E-state index contributed by atoms with van der Waals surface area (Å²) < 4.78 is 8.37. The molecule has 0 saturated heterocycles. The van der Waals surface area contributed by atoms with Crippen molar-refractivity contribution in [3.63, 3.8) is 0 Å². The third-order valence-electron chi connectivity index (χ3n) is 7.05. The molecule has 0 fully saturated rings. The van der Waals surface area contributed by atoms with Crippen LogP contribution in [0.5, 0.6) is 0 Å². The van der Waals surface area contributed by atoms with Gasteiger partial charge >= 0.3 is 0 Å². The first-order valence-corrected chi connectivity index (χ1v) is 12.0. The number of hydrogen-bond donors (Lipinski definition) is 0. The maximum absolute atomic E-state index is 6.05. The number of furan rings is 1. The van der Waals surface area contributed by atoms with Gasteiger partial charge in [-0.2, -0.15) is 0 Å². The smallest absolute Gasteiger partial charge is 0.246 e. The van der Waals surface area contributed by atoms with Crippen molar-refractivity contribution in [1.29, 1.82) is 0 Å². The topological polar surface area (TPSA) is 43.9 Å². The average Bonchev–Trinajstić information content (AvgIpc) is 3.49. The van der Waals surface area contributed by atoms with E-state index in [1.54, 1.807) is 6.20 Å². The first-order valence-electron chi connectivity index (χ1n) is 12.0. The van der Waals surface area contributed by atoms with E-state index in [1.165, 1.54) is 21.8 Å². The molecule has 5 aromatic carbocycles. The number of nitrogens with zero attached hydrogens (tertiary/aromatic N) is 3. The van der Waals surface area contributed by atoms with Crippen molar-refractivity contribution in [2.24, 2.45) is 0 Å². The van der Waals surface area contributed by atoms with Crippen LogP contribution in [0.4, 0.5) is 0 Å². The molecule has 0 atom stereocenters. The molecule has 8 aromatic rings. The Labute approximate surface area is 206 Å². The van der Waals surface area contributed by atoms with Gasteiger partial charge < -0.3 is 8.98 Å². The Morgan fingerprint density at radius 3 is 2.17 bits per heavy atom. The molecule has 36 heavy (non-hydrogen) atoms. The van der Waals surface area contributed by atoms with Gasteiger partial charge in [-0.05, 0) is 41.1 Å². The van der Waals surface area contributed by atoms with Gasteiger partial charge in [0.1, 0.15) is 11.1 Å². The fraction of sp³-hybridized carbons (Fsp3) is 0. The molecule has 168 valence electrons. The van der Waals surface area contributed by atoms with Gasteiger partial charge in [0.25, 0.3) is 0 Å². The molecular weight excluding hydrogens is 442 g/mol. The Hall–Kier alpha value is -4.96. The normalized spacial score (nSPS) is 11.9. The molecule has 0 unspecified atom stereocenters. The Morgan fingerprint density at radius 1 is 0.639 bits per heavy atom. The summed E-state index contributed by atoms with van der Waals surface area (Å²) in [7, 11) is 0. The fourth-order valence-corrected chi connectivity index (χ4v) is 5.44. The number of aromatic nitrogens is 3. The van der Waals surface area contributed by atoms with Crippen molar-refractivity contribution < 1.29 is 4.42 Å². The molecule has 4 nitrogen and oxygen atoms in total. The second kappa shape index (κ2) is 7.27. The lowest BCUT2D eigenvalue weighted by Crippen LogP contribution is -1.95. The van der Waals surface area contributed by atoms with Crippen LogP contribution >= 0.6 is 0 Å². The number of para-hydroxylation sites is 2. The summed E-state index contributed by atoms with van der Waals surface area (Å²) in [5, 5.41) is 5.79. The predicted molar refractivity (Wildman–Crippen MR) is 147 cm³/mol. The zero-order valence-electron chi connectivity index (χ0n) is 19.2. The van der Waals surface area contributed by atoms with Crippen molar-refractivity contribution in [1.82, 2.24) is 14.5 Å². The van der Waals surface area contributed by atoms with E-state index in [1.807, 2.05) is 18.2 Å². The molecule has 0 aliphatic heterocycles. The van der Waals surface area contributed by atoms with Gasteiger partial charge in [-0.3, -0.25) is 0 Å². The second-order valence-electron chi connectivity index (χ2n) is 9.09. The Kier molecular flexibility index (Phi) is 3.91. The van der Waals surface area contributed by atoms with Crippen LogP contribution in [0.2, 0.25) is 0 Å². The van der Waals surface area contributed by atoms with Crippen molar-refractivity contribution in [2.45, 2.75) is 0 Å². The van der Waals surface area contributed by atoms with Crippen LogP contribution in [0, 0.1) is 0 Å². The standard InChI is InChI=1S/C32H19N3O/c1-2-11-23-20(8-1)16-17-29-30(23)31-32(36-29)33-19-26(34-31)21-9-7-10-22(18-21)35-27-14-5-3-12-24(27)25-13-4-6-15-28(25)35/h1-19H. The SMILES string of the molecule is c1cc(-c2cnc3oc4ccc5ccccc5c4c3n2)cc(-n2c3ccccc3c3ccccc32)c1. The van der Waals surface area contributed by atoms with Crippen molar-refractivity contribution in [2.75, 3.05) is 0 Å². The average molecular weight is 462 g/mol. The molecule has 0 aliphatic carbocycles. The molecule has 0 radical (unpaired) electrons. The molecule has 0 amide bonds. The van der Waals surface area contributed by atoms with E-state index in [0.29, 0.717) is 5.71 Å². The van der Waals surface area contributed by atoms with Crippen LogP contribution in [0.1, 0.15) is 0 Å². The lowest BCUT2D eigenvalue weighted by Gasteiger charge is -2.10. The van der Waals surface area contributed by atoms with Crippen molar-refractivity contribution >= 4 is 54.8 Å².